The number of hydrogen-bond acceptors (Lipinski definition) is 5. The third-order valence-electron chi connectivity index (χ3n) is 4.07. The largest absolute Gasteiger partial charge is 0.335 e. The Morgan fingerprint density at radius 2 is 1.83 bits per heavy atom. The minimum absolute atomic E-state index is 0.667. The average molecular weight is 352 g/mol. The molecule has 2 heterocycles. The maximum Gasteiger partial charge on any atom is 0.210 e. The van der Waals surface area contributed by atoms with Crippen LogP contribution in [0.5, 0.6) is 0 Å². The Morgan fingerprint density at radius 3 is 2.57 bits per heavy atom. The molecule has 0 bridgehead atoms. The Labute approximate surface area is 146 Å². The Kier molecular flexibility index (Phi) is 5.80. The van der Waals surface area contributed by atoms with E-state index in [4.69, 9.17) is 17.4 Å². The second-order valence-corrected chi connectivity index (χ2v) is 7.29. The van der Waals surface area contributed by atoms with Gasteiger partial charge in [-0.1, -0.05) is 29.8 Å². The molecule has 0 radical (unpaired) electrons. The highest BCUT2D eigenvalue weighted by Crippen LogP contribution is 2.23. The van der Waals surface area contributed by atoms with Crippen molar-refractivity contribution < 1.29 is 0 Å². The lowest BCUT2D eigenvalue weighted by molar-refractivity contribution is 0.230. The van der Waals surface area contributed by atoms with Crippen molar-refractivity contribution in [1.82, 2.24) is 19.8 Å². The van der Waals surface area contributed by atoms with Crippen LogP contribution in [0.1, 0.15) is 25.7 Å². The first-order chi connectivity index (χ1) is 11.2. The van der Waals surface area contributed by atoms with E-state index in [1.807, 2.05) is 24.3 Å². The topological polar surface area (TPSA) is 60.0 Å². The molecule has 0 saturated carbocycles. The summed E-state index contributed by atoms with van der Waals surface area (Å²) >= 11 is 7.58. The molecule has 1 aliphatic heterocycles. The van der Waals surface area contributed by atoms with Crippen molar-refractivity contribution in [2.45, 2.75) is 30.8 Å². The van der Waals surface area contributed by atoms with Crippen LogP contribution in [-0.4, -0.2) is 45.2 Å². The molecule has 1 aliphatic rings. The molecule has 23 heavy (non-hydrogen) atoms. The molecule has 0 spiro atoms. The first-order valence-electron chi connectivity index (χ1n) is 8.05. The van der Waals surface area contributed by atoms with Crippen LogP contribution >= 0.6 is 23.4 Å². The van der Waals surface area contributed by atoms with Gasteiger partial charge in [0.1, 0.15) is 0 Å². The van der Waals surface area contributed by atoms with Crippen molar-refractivity contribution in [1.29, 1.82) is 0 Å². The smallest absolute Gasteiger partial charge is 0.210 e. The van der Waals surface area contributed by atoms with Gasteiger partial charge in [0.25, 0.3) is 0 Å². The standard InChI is InChI=1S/C16H22ClN5S/c17-14-7-5-13(6-8-14)15-19-20-16(22(15)18)23-12-4-11-21-9-2-1-3-10-21/h5-8H,1-4,9-12,18H2. The highest BCUT2D eigenvalue weighted by atomic mass is 35.5. The highest BCUT2D eigenvalue weighted by molar-refractivity contribution is 7.99. The van der Waals surface area contributed by atoms with Crippen LogP contribution in [0.3, 0.4) is 0 Å². The first kappa shape index (κ1) is 16.6. The lowest BCUT2D eigenvalue weighted by Crippen LogP contribution is -2.30. The summed E-state index contributed by atoms with van der Waals surface area (Å²) in [7, 11) is 0. The summed E-state index contributed by atoms with van der Waals surface area (Å²) in [5.41, 5.74) is 0.921. The van der Waals surface area contributed by atoms with Crippen molar-refractivity contribution in [3.05, 3.63) is 29.3 Å². The number of nitrogen functional groups attached to an aromatic ring is 1. The summed E-state index contributed by atoms with van der Waals surface area (Å²) in [6, 6.07) is 7.47. The summed E-state index contributed by atoms with van der Waals surface area (Å²) in [5, 5.41) is 9.86. The van der Waals surface area contributed by atoms with Gasteiger partial charge in [0.15, 0.2) is 5.82 Å². The van der Waals surface area contributed by atoms with Gasteiger partial charge in [0.05, 0.1) is 0 Å². The van der Waals surface area contributed by atoms with Gasteiger partial charge >= 0.3 is 0 Å². The Bertz CT molecular complexity index is 622. The number of thioether (sulfide) groups is 1. The van der Waals surface area contributed by atoms with Crippen molar-refractivity contribution in [2.24, 2.45) is 0 Å². The molecule has 124 valence electrons. The van der Waals surface area contributed by atoms with Gasteiger partial charge in [-0.25, -0.2) is 4.68 Å². The van der Waals surface area contributed by atoms with Crippen molar-refractivity contribution in [3.63, 3.8) is 0 Å². The van der Waals surface area contributed by atoms with E-state index in [1.165, 1.54) is 32.4 Å². The SMILES string of the molecule is Nn1c(SCCCN2CCCCC2)nnc1-c1ccc(Cl)cc1. The van der Waals surface area contributed by atoms with E-state index >= 15 is 0 Å². The molecule has 7 heteroatoms. The minimum Gasteiger partial charge on any atom is -0.335 e. The molecule has 1 aromatic heterocycles. The monoisotopic (exact) mass is 351 g/mol. The molecular formula is C16H22ClN5S. The van der Waals surface area contributed by atoms with E-state index in [-0.39, 0.29) is 0 Å². The summed E-state index contributed by atoms with van der Waals surface area (Å²) < 4.78 is 1.56. The number of piperidine rings is 1. The number of hydrogen-bond donors (Lipinski definition) is 1. The zero-order chi connectivity index (χ0) is 16.1. The van der Waals surface area contributed by atoms with Gasteiger partial charge in [-0.3, -0.25) is 0 Å². The van der Waals surface area contributed by atoms with Crippen LogP contribution in [0.25, 0.3) is 11.4 Å². The van der Waals surface area contributed by atoms with Gasteiger partial charge in [-0.05, 0) is 63.2 Å². The van der Waals surface area contributed by atoms with Crippen LogP contribution in [0.4, 0.5) is 0 Å². The molecule has 0 unspecified atom stereocenters. The zero-order valence-electron chi connectivity index (χ0n) is 13.1. The van der Waals surface area contributed by atoms with E-state index < -0.39 is 0 Å². The maximum atomic E-state index is 6.13. The number of nitrogens with two attached hydrogens (primary N) is 1. The minimum atomic E-state index is 0.667. The Balaban J connectivity index is 1.51. The first-order valence-corrected chi connectivity index (χ1v) is 9.42. The van der Waals surface area contributed by atoms with E-state index in [9.17, 15) is 0 Å². The number of halogens is 1. The van der Waals surface area contributed by atoms with Gasteiger partial charge in [0, 0.05) is 16.3 Å². The average Bonchev–Trinajstić information content (AvgIpc) is 2.94. The van der Waals surface area contributed by atoms with Crippen LogP contribution in [0.15, 0.2) is 29.4 Å². The third kappa shape index (κ3) is 4.40. The summed E-state index contributed by atoms with van der Waals surface area (Å²) in [4.78, 5) is 2.55. The van der Waals surface area contributed by atoms with Gasteiger partial charge in [0.2, 0.25) is 5.16 Å². The molecule has 1 fully saturated rings. The fourth-order valence-electron chi connectivity index (χ4n) is 2.81. The quantitative estimate of drug-likeness (QED) is 0.491. The molecule has 3 rings (SSSR count). The molecular weight excluding hydrogens is 330 g/mol. The van der Waals surface area contributed by atoms with Gasteiger partial charge < -0.3 is 10.7 Å². The highest BCUT2D eigenvalue weighted by Gasteiger charge is 2.13. The predicted octanol–water partition coefficient (Wildman–Crippen LogP) is 3.28. The molecule has 1 aromatic carbocycles. The molecule has 5 nitrogen and oxygen atoms in total. The van der Waals surface area contributed by atoms with Crippen LogP contribution in [0, 0.1) is 0 Å². The second kappa shape index (κ2) is 8.04. The van der Waals surface area contributed by atoms with Gasteiger partial charge in [-0.15, -0.1) is 10.2 Å². The maximum absolute atomic E-state index is 6.13. The van der Waals surface area contributed by atoms with Crippen molar-refractivity contribution >= 4 is 23.4 Å². The van der Waals surface area contributed by atoms with Crippen molar-refractivity contribution in [3.8, 4) is 11.4 Å². The second-order valence-electron chi connectivity index (χ2n) is 5.79. The van der Waals surface area contributed by atoms with Crippen LogP contribution in [-0.2, 0) is 0 Å². The van der Waals surface area contributed by atoms with E-state index in [2.05, 4.69) is 15.1 Å². The lowest BCUT2D eigenvalue weighted by Gasteiger charge is -2.26. The lowest BCUT2D eigenvalue weighted by atomic mass is 10.1. The van der Waals surface area contributed by atoms with E-state index in [1.54, 1.807) is 16.4 Å². The number of nitrogens with zero attached hydrogens (tertiary/aromatic N) is 4. The molecule has 0 aliphatic carbocycles. The predicted molar refractivity (Wildman–Crippen MR) is 96.3 cm³/mol. The summed E-state index contributed by atoms with van der Waals surface area (Å²) in [5.74, 6) is 7.80. The molecule has 0 atom stereocenters. The number of benzene rings is 1. The third-order valence-corrected chi connectivity index (χ3v) is 5.35. The number of rotatable bonds is 6. The molecule has 2 N–H and O–H groups in total. The van der Waals surface area contributed by atoms with Gasteiger partial charge in [-0.2, -0.15) is 0 Å². The summed E-state index contributed by atoms with van der Waals surface area (Å²) in [6.07, 6.45) is 5.21. The van der Waals surface area contributed by atoms with Crippen LogP contribution < -0.4 is 5.84 Å². The normalized spacial score (nSPS) is 15.9. The number of aromatic nitrogens is 3. The fraction of sp³-hybridized carbons (Fsp3) is 0.500. The van der Waals surface area contributed by atoms with E-state index in [0.717, 1.165) is 29.4 Å². The Morgan fingerprint density at radius 1 is 1.09 bits per heavy atom. The van der Waals surface area contributed by atoms with Crippen LogP contribution in [0.2, 0.25) is 5.02 Å². The van der Waals surface area contributed by atoms with E-state index in [0.29, 0.717) is 10.8 Å². The molecule has 0 amide bonds. The number of likely N-dealkylation sites (tertiary alicyclic amines) is 1. The molecule has 2 aromatic rings. The fourth-order valence-corrected chi connectivity index (χ4v) is 3.71. The zero-order valence-corrected chi connectivity index (χ0v) is 14.7. The molecule has 1 saturated heterocycles. The Hall–Kier alpha value is -1.24. The van der Waals surface area contributed by atoms with Crippen molar-refractivity contribution in [2.75, 3.05) is 31.2 Å². The summed E-state index contributed by atoms with van der Waals surface area (Å²) in [6.45, 7) is 3.66.